The highest BCUT2D eigenvalue weighted by atomic mass is 32.2. The first-order valence-corrected chi connectivity index (χ1v) is 11.1. The molecule has 2 aliphatic heterocycles. The van der Waals surface area contributed by atoms with Gasteiger partial charge in [-0.2, -0.15) is 0 Å². The molecule has 1 unspecified atom stereocenters. The fraction of sp³-hybridized carbons (Fsp3) is 0.409. The van der Waals surface area contributed by atoms with Gasteiger partial charge in [0.25, 0.3) is 5.91 Å². The number of amides is 1. The maximum Gasteiger partial charge on any atom is 0.279 e. The van der Waals surface area contributed by atoms with Crippen molar-refractivity contribution in [1.29, 1.82) is 0 Å². The number of fused-ring (bicyclic) bond motifs is 1. The SMILES string of the molecule is CSc1ccccc1NC(=O)C[NH+]1CCC[C@H]1c1ccc2c(c1)OCCCO2. The van der Waals surface area contributed by atoms with Crippen LogP contribution in [0, 0.1) is 0 Å². The maximum atomic E-state index is 12.7. The van der Waals surface area contributed by atoms with Gasteiger partial charge in [-0.3, -0.25) is 4.79 Å². The molecule has 4 rings (SSSR count). The van der Waals surface area contributed by atoms with E-state index in [0.29, 0.717) is 25.8 Å². The van der Waals surface area contributed by atoms with E-state index in [-0.39, 0.29) is 5.91 Å². The first-order valence-electron chi connectivity index (χ1n) is 9.91. The zero-order valence-electron chi connectivity index (χ0n) is 16.2. The van der Waals surface area contributed by atoms with Crippen molar-refractivity contribution in [3.05, 3.63) is 48.0 Å². The van der Waals surface area contributed by atoms with Gasteiger partial charge in [-0.15, -0.1) is 11.8 Å². The Hall–Kier alpha value is -2.18. The average Bonchev–Trinajstić information content (AvgIpc) is 3.03. The van der Waals surface area contributed by atoms with E-state index >= 15 is 0 Å². The first kappa shape index (κ1) is 19.2. The second-order valence-electron chi connectivity index (χ2n) is 7.28. The summed E-state index contributed by atoms with van der Waals surface area (Å²) < 4.78 is 11.6. The van der Waals surface area contributed by atoms with E-state index in [1.807, 2.05) is 36.6 Å². The number of para-hydroxylation sites is 1. The fourth-order valence-corrected chi connectivity index (χ4v) is 4.62. The maximum absolute atomic E-state index is 12.7. The van der Waals surface area contributed by atoms with Crippen LogP contribution < -0.4 is 19.7 Å². The van der Waals surface area contributed by atoms with Crippen LogP contribution in [0.2, 0.25) is 0 Å². The number of carbonyl (C=O) groups is 1. The van der Waals surface area contributed by atoms with Crippen molar-refractivity contribution in [2.24, 2.45) is 0 Å². The minimum Gasteiger partial charge on any atom is -0.490 e. The van der Waals surface area contributed by atoms with Crippen LogP contribution in [-0.2, 0) is 4.79 Å². The Morgan fingerprint density at radius 1 is 1.14 bits per heavy atom. The molecule has 1 amide bonds. The molecule has 2 aromatic rings. The molecule has 28 heavy (non-hydrogen) atoms. The van der Waals surface area contributed by atoms with Crippen LogP contribution in [0.1, 0.15) is 30.9 Å². The number of likely N-dealkylation sites (tertiary alicyclic amines) is 1. The second kappa shape index (κ2) is 8.88. The van der Waals surface area contributed by atoms with E-state index in [4.69, 9.17) is 9.47 Å². The predicted molar refractivity (Wildman–Crippen MR) is 112 cm³/mol. The normalized spacial score (nSPS) is 21.2. The summed E-state index contributed by atoms with van der Waals surface area (Å²) in [6, 6.07) is 14.5. The summed E-state index contributed by atoms with van der Waals surface area (Å²) >= 11 is 1.65. The van der Waals surface area contributed by atoms with E-state index < -0.39 is 0 Å². The van der Waals surface area contributed by atoms with E-state index in [9.17, 15) is 4.79 Å². The number of nitrogens with one attached hydrogen (secondary N) is 2. The summed E-state index contributed by atoms with van der Waals surface area (Å²) in [5.41, 5.74) is 2.12. The molecule has 2 atom stereocenters. The molecular weight excluding hydrogens is 372 g/mol. The Bertz CT molecular complexity index is 842. The topological polar surface area (TPSA) is 52.0 Å². The average molecular weight is 400 g/mol. The molecule has 2 aromatic carbocycles. The van der Waals surface area contributed by atoms with Gasteiger partial charge in [-0.25, -0.2) is 0 Å². The molecule has 1 saturated heterocycles. The van der Waals surface area contributed by atoms with Crippen LogP contribution in [0.4, 0.5) is 5.69 Å². The quantitative estimate of drug-likeness (QED) is 0.759. The number of carbonyl (C=O) groups excluding carboxylic acids is 1. The lowest BCUT2D eigenvalue weighted by molar-refractivity contribution is -0.910. The van der Waals surface area contributed by atoms with Crippen molar-refractivity contribution in [2.75, 3.05) is 37.9 Å². The molecule has 0 radical (unpaired) electrons. The minimum absolute atomic E-state index is 0.0674. The number of hydrogen-bond acceptors (Lipinski definition) is 4. The summed E-state index contributed by atoms with van der Waals surface area (Å²) in [6.45, 7) is 2.87. The fourth-order valence-electron chi connectivity index (χ4n) is 4.07. The largest absolute Gasteiger partial charge is 0.490 e. The number of rotatable bonds is 5. The molecule has 2 heterocycles. The summed E-state index contributed by atoms with van der Waals surface area (Å²) in [4.78, 5) is 15.1. The van der Waals surface area contributed by atoms with E-state index in [0.717, 1.165) is 47.9 Å². The lowest BCUT2D eigenvalue weighted by Crippen LogP contribution is -3.11. The first-order chi connectivity index (χ1) is 13.7. The second-order valence-corrected chi connectivity index (χ2v) is 8.13. The van der Waals surface area contributed by atoms with E-state index in [1.54, 1.807) is 11.8 Å². The van der Waals surface area contributed by atoms with E-state index in [2.05, 4.69) is 17.4 Å². The van der Waals surface area contributed by atoms with Gasteiger partial charge in [0.2, 0.25) is 0 Å². The third kappa shape index (κ3) is 4.28. The smallest absolute Gasteiger partial charge is 0.279 e. The molecule has 0 saturated carbocycles. The Kier molecular flexibility index (Phi) is 6.07. The highest BCUT2D eigenvalue weighted by Gasteiger charge is 2.32. The van der Waals surface area contributed by atoms with Crippen molar-refractivity contribution in [3.8, 4) is 11.5 Å². The summed E-state index contributed by atoms with van der Waals surface area (Å²) in [5, 5.41) is 3.09. The Morgan fingerprint density at radius 2 is 1.96 bits per heavy atom. The van der Waals surface area contributed by atoms with Gasteiger partial charge in [-0.1, -0.05) is 12.1 Å². The summed E-state index contributed by atoms with van der Waals surface area (Å²) in [6.07, 6.45) is 5.14. The van der Waals surface area contributed by atoms with Crippen LogP contribution in [0.5, 0.6) is 11.5 Å². The van der Waals surface area contributed by atoms with Gasteiger partial charge >= 0.3 is 0 Å². The molecule has 1 fully saturated rings. The van der Waals surface area contributed by atoms with Crippen molar-refractivity contribution in [2.45, 2.75) is 30.2 Å². The Morgan fingerprint density at radius 3 is 2.82 bits per heavy atom. The van der Waals surface area contributed by atoms with Crippen LogP contribution in [0.25, 0.3) is 0 Å². The highest BCUT2D eigenvalue weighted by molar-refractivity contribution is 7.98. The number of benzene rings is 2. The lowest BCUT2D eigenvalue weighted by atomic mass is 10.0. The molecule has 148 valence electrons. The summed E-state index contributed by atoms with van der Waals surface area (Å²) in [7, 11) is 0. The molecule has 5 nitrogen and oxygen atoms in total. The molecule has 0 bridgehead atoms. The van der Waals surface area contributed by atoms with Gasteiger partial charge in [-0.05, 0) is 36.6 Å². The Balaban J connectivity index is 1.45. The molecule has 0 aliphatic carbocycles. The Labute approximate surface area is 170 Å². The zero-order valence-corrected chi connectivity index (χ0v) is 17.0. The molecule has 2 N–H and O–H groups in total. The van der Waals surface area contributed by atoms with Crippen molar-refractivity contribution in [3.63, 3.8) is 0 Å². The van der Waals surface area contributed by atoms with Crippen LogP contribution >= 0.6 is 11.8 Å². The number of thioether (sulfide) groups is 1. The third-order valence-electron chi connectivity index (χ3n) is 5.43. The molecule has 0 aromatic heterocycles. The predicted octanol–water partition coefficient (Wildman–Crippen LogP) is 2.93. The van der Waals surface area contributed by atoms with E-state index in [1.165, 1.54) is 10.5 Å². The monoisotopic (exact) mass is 399 g/mol. The van der Waals surface area contributed by atoms with Crippen molar-refractivity contribution in [1.82, 2.24) is 0 Å². The van der Waals surface area contributed by atoms with Gasteiger partial charge in [0.05, 0.1) is 25.4 Å². The standard InChI is InChI=1S/C22H26N2O3S/c1-28-21-8-3-2-6-17(21)23-22(25)15-24-11-4-7-18(24)16-9-10-19-20(14-16)27-13-5-12-26-19/h2-3,6,8-10,14,18H,4-5,7,11-13,15H2,1H3,(H,23,25)/p+1/t18-/m0/s1. The van der Waals surface area contributed by atoms with Gasteiger partial charge in [0.15, 0.2) is 18.0 Å². The van der Waals surface area contributed by atoms with Crippen LogP contribution in [-0.4, -0.2) is 38.5 Å². The number of ether oxygens (including phenoxy) is 2. The zero-order chi connectivity index (χ0) is 19.3. The molecule has 6 heteroatoms. The molecule has 0 spiro atoms. The van der Waals surface area contributed by atoms with Crippen molar-refractivity contribution >= 4 is 23.4 Å². The third-order valence-corrected chi connectivity index (χ3v) is 6.22. The number of anilines is 1. The number of quaternary nitrogens is 1. The van der Waals surface area contributed by atoms with Crippen LogP contribution in [0.3, 0.4) is 0 Å². The van der Waals surface area contributed by atoms with Crippen molar-refractivity contribution < 1.29 is 19.2 Å². The highest BCUT2D eigenvalue weighted by Crippen LogP contribution is 2.33. The lowest BCUT2D eigenvalue weighted by Gasteiger charge is -2.22. The minimum atomic E-state index is 0.0674. The number of hydrogen-bond donors (Lipinski definition) is 2. The summed E-state index contributed by atoms with van der Waals surface area (Å²) in [5.74, 6) is 1.73. The molecular formula is C22H27N2O3S+. The molecule has 2 aliphatic rings. The van der Waals surface area contributed by atoms with Gasteiger partial charge < -0.3 is 19.7 Å². The van der Waals surface area contributed by atoms with Gasteiger partial charge in [0, 0.05) is 29.7 Å². The van der Waals surface area contributed by atoms with Crippen LogP contribution in [0.15, 0.2) is 47.4 Å². The van der Waals surface area contributed by atoms with Gasteiger partial charge in [0.1, 0.15) is 6.04 Å².